The Kier molecular flexibility index (Phi) is 4.88. The normalized spacial score (nSPS) is 31.1. The van der Waals surface area contributed by atoms with Crippen LogP contribution < -0.4 is 5.73 Å². The lowest BCUT2D eigenvalue weighted by atomic mass is 9.74. The molecular weight excluding hydrogens is 314 g/mol. The molecule has 1 aliphatic heterocycles. The van der Waals surface area contributed by atoms with E-state index in [1.54, 1.807) is 4.90 Å². The van der Waals surface area contributed by atoms with Gasteiger partial charge in [-0.1, -0.05) is 18.9 Å². The predicted molar refractivity (Wildman–Crippen MR) is 86.2 cm³/mol. The molecule has 3 rings (SSSR count). The van der Waals surface area contributed by atoms with Crippen LogP contribution in [0.1, 0.15) is 44.3 Å². The third-order valence-corrected chi connectivity index (χ3v) is 5.25. The minimum atomic E-state index is -0.902. The Hall–Kier alpha value is -1.53. The summed E-state index contributed by atoms with van der Waals surface area (Å²) in [5, 5.41) is 0. The number of hydrogen-bond donors (Lipinski definition) is 1. The first kappa shape index (κ1) is 17.3. The topological polar surface area (TPSA) is 55.6 Å². The van der Waals surface area contributed by atoms with Gasteiger partial charge in [-0.3, -0.25) is 4.79 Å². The fourth-order valence-electron chi connectivity index (χ4n) is 3.75. The average molecular weight is 338 g/mol. The number of benzene rings is 1. The molecule has 132 valence electrons. The number of hydrogen-bond acceptors (Lipinski definition) is 3. The molecular formula is C18H24F2N2O2. The van der Waals surface area contributed by atoms with Gasteiger partial charge >= 0.3 is 0 Å². The standard InChI is InChI=1S/C18H24F2N2O2/c1-18(21)7-3-2-4-13(18)17(23)22-8-9-24-16(11-22)12-5-6-14(19)15(20)10-12/h5-6,10,13,16H,2-4,7-9,11,21H2,1H3. The number of nitrogens with zero attached hydrogens (tertiary/aromatic N) is 1. The van der Waals surface area contributed by atoms with Gasteiger partial charge in [-0.2, -0.15) is 0 Å². The minimum absolute atomic E-state index is 0.0515. The van der Waals surface area contributed by atoms with Gasteiger partial charge in [0.05, 0.1) is 19.1 Å². The third-order valence-electron chi connectivity index (χ3n) is 5.25. The molecule has 2 N–H and O–H groups in total. The summed E-state index contributed by atoms with van der Waals surface area (Å²) >= 11 is 0. The Labute approximate surface area is 141 Å². The van der Waals surface area contributed by atoms with E-state index in [1.807, 2.05) is 6.92 Å². The molecule has 4 nitrogen and oxygen atoms in total. The monoisotopic (exact) mass is 338 g/mol. The van der Waals surface area contributed by atoms with Gasteiger partial charge in [0, 0.05) is 12.1 Å². The number of halogens is 2. The van der Waals surface area contributed by atoms with Gasteiger partial charge in [-0.15, -0.1) is 0 Å². The van der Waals surface area contributed by atoms with Crippen LogP contribution >= 0.6 is 0 Å². The van der Waals surface area contributed by atoms with Crippen molar-refractivity contribution in [2.45, 2.75) is 44.2 Å². The Bertz CT molecular complexity index is 621. The summed E-state index contributed by atoms with van der Waals surface area (Å²) in [4.78, 5) is 14.7. The molecule has 1 aromatic carbocycles. The van der Waals surface area contributed by atoms with Crippen molar-refractivity contribution in [3.8, 4) is 0 Å². The maximum atomic E-state index is 13.5. The summed E-state index contributed by atoms with van der Waals surface area (Å²) < 4.78 is 32.2. The lowest BCUT2D eigenvalue weighted by Crippen LogP contribution is -2.55. The number of ether oxygens (including phenoxy) is 1. The Morgan fingerprint density at radius 2 is 2.12 bits per heavy atom. The van der Waals surface area contributed by atoms with Crippen LogP contribution in [0.2, 0.25) is 0 Å². The summed E-state index contributed by atoms with van der Waals surface area (Å²) in [6.07, 6.45) is 3.28. The Balaban J connectivity index is 1.73. The van der Waals surface area contributed by atoms with E-state index in [0.29, 0.717) is 25.3 Å². The van der Waals surface area contributed by atoms with Crippen LogP contribution in [0.5, 0.6) is 0 Å². The lowest BCUT2D eigenvalue weighted by molar-refractivity contribution is -0.146. The number of morpholine rings is 1. The van der Waals surface area contributed by atoms with Gasteiger partial charge in [-0.25, -0.2) is 8.78 Å². The molecule has 0 bridgehead atoms. The molecule has 24 heavy (non-hydrogen) atoms. The van der Waals surface area contributed by atoms with E-state index >= 15 is 0 Å². The molecule has 0 aromatic heterocycles. The van der Waals surface area contributed by atoms with Crippen molar-refractivity contribution < 1.29 is 18.3 Å². The quantitative estimate of drug-likeness (QED) is 0.902. The van der Waals surface area contributed by atoms with E-state index in [2.05, 4.69) is 0 Å². The lowest BCUT2D eigenvalue weighted by Gasteiger charge is -2.42. The van der Waals surface area contributed by atoms with Gasteiger partial charge < -0.3 is 15.4 Å². The van der Waals surface area contributed by atoms with E-state index < -0.39 is 23.3 Å². The van der Waals surface area contributed by atoms with Gasteiger partial charge in [0.2, 0.25) is 5.91 Å². The number of carbonyl (C=O) groups is 1. The molecule has 1 aromatic rings. The van der Waals surface area contributed by atoms with Gasteiger partial charge in [-0.05, 0) is 37.5 Å². The van der Waals surface area contributed by atoms with Crippen LogP contribution in [0.4, 0.5) is 8.78 Å². The van der Waals surface area contributed by atoms with Crippen LogP contribution in [0.25, 0.3) is 0 Å². The molecule has 1 amide bonds. The molecule has 1 aliphatic carbocycles. The highest BCUT2D eigenvalue weighted by molar-refractivity contribution is 5.80. The van der Waals surface area contributed by atoms with Crippen LogP contribution in [-0.4, -0.2) is 36.0 Å². The molecule has 1 saturated heterocycles. The first-order chi connectivity index (χ1) is 11.4. The van der Waals surface area contributed by atoms with Crippen molar-refractivity contribution in [1.82, 2.24) is 4.90 Å². The number of rotatable bonds is 2. The second-order valence-corrected chi connectivity index (χ2v) is 7.12. The summed E-state index contributed by atoms with van der Waals surface area (Å²) in [6, 6.07) is 3.74. The fourth-order valence-corrected chi connectivity index (χ4v) is 3.75. The fraction of sp³-hybridized carbons (Fsp3) is 0.611. The zero-order chi connectivity index (χ0) is 17.3. The van der Waals surface area contributed by atoms with Crippen LogP contribution in [-0.2, 0) is 9.53 Å². The molecule has 1 heterocycles. The highest BCUT2D eigenvalue weighted by Gasteiger charge is 2.41. The maximum absolute atomic E-state index is 13.5. The van der Waals surface area contributed by atoms with E-state index in [0.717, 1.165) is 37.8 Å². The van der Waals surface area contributed by atoms with Crippen LogP contribution in [0.15, 0.2) is 18.2 Å². The largest absolute Gasteiger partial charge is 0.370 e. The number of amides is 1. The minimum Gasteiger partial charge on any atom is -0.370 e. The first-order valence-electron chi connectivity index (χ1n) is 8.53. The SMILES string of the molecule is CC1(N)CCCCC1C(=O)N1CCOC(c2ccc(F)c(F)c2)C1. The molecule has 0 spiro atoms. The molecule has 3 unspecified atom stereocenters. The van der Waals surface area contributed by atoms with Crippen molar-refractivity contribution in [2.75, 3.05) is 19.7 Å². The Morgan fingerprint density at radius 1 is 1.33 bits per heavy atom. The molecule has 1 saturated carbocycles. The molecule has 2 fully saturated rings. The third kappa shape index (κ3) is 3.44. The average Bonchev–Trinajstić information content (AvgIpc) is 2.56. The van der Waals surface area contributed by atoms with Crippen molar-refractivity contribution in [3.63, 3.8) is 0 Å². The number of nitrogens with two attached hydrogens (primary N) is 1. The molecule has 2 aliphatic rings. The molecule has 6 heteroatoms. The zero-order valence-corrected chi connectivity index (χ0v) is 13.9. The van der Waals surface area contributed by atoms with E-state index in [-0.39, 0.29) is 11.8 Å². The van der Waals surface area contributed by atoms with Crippen LogP contribution in [0, 0.1) is 17.6 Å². The van der Waals surface area contributed by atoms with Crippen molar-refractivity contribution in [1.29, 1.82) is 0 Å². The zero-order valence-electron chi connectivity index (χ0n) is 13.9. The van der Waals surface area contributed by atoms with Crippen molar-refractivity contribution >= 4 is 5.91 Å². The Morgan fingerprint density at radius 3 is 2.83 bits per heavy atom. The van der Waals surface area contributed by atoms with E-state index in [1.165, 1.54) is 6.07 Å². The summed E-state index contributed by atoms with van der Waals surface area (Å²) in [5.41, 5.74) is 6.41. The van der Waals surface area contributed by atoms with E-state index in [4.69, 9.17) is 10.5 Å². The molecule has 3 atom stereocenters. The van der Waals surface area contributed by atoms with Crippen molar-refractivity contribution in [2.24, 2.45) is 11.7 Å². The smallest absolute Gasteiger partial charge is 0.227 e. The van der Waals surface area contributed by atoms with Gasteiger partial charge in [0.25, 0.3) is 0 Å². The summed E-state index contributed by atoms with van der Waals surface area (Å²) in [7, 11) is 0. The van der Waals surface area contributed by atoms with Crippen molar-refractivity contribution in [3.05, 3.63) is 35.4 Å². The highest BCUT2D eigenvalue weighted by atomic mass is 19.2. The van der Waals surface area contributed by atoms with Gasteiger partial charge in [0.15, 0.2) is 11.6 Å². The summed E-state index contributed by atoms with van der Waals surface area (Å²) in [6.45, 7) is 3.17. The first-order valence-corrected chi connectivity index (χ1v) is 8.53. The number of carbonyl (C=O) groups excluding carboxylic acids is 1. The molecule has 0 radical (unpaired) electrons. The van der Waals surface area contributed by atoms with Gasteiger partial charge in [0.1, 0.15) is 6.10 Å². The highest BCUT2D eigenvalue weighted by Crippen LogP contribution is 2.34. The van der Waals surface area contributed by atoms with E-state index in [9.17, 15) is 13.6 Å². The predicted octanol–water partition coefficient (Wildman–Crippen LogP) is 2.77. The maximum Gasteiger partial charge on any atom is 0.227 e. The van der Waals surface area contributed by atoms with Crippen LogP contribution in [0.3, 0.4) is 0 Å². The second-order valence-electron chi connectivity index (χ2n) is 7.12. The summed E-state index contributed by atoms with van der Waals surface area (Å²) in [5.74, 6) is -1.92. The second kappa shape index (κ2) is 6.76.